The van der Waals surface area contributed by atoms with E-state index in [9.17, 15) is 0 Å². The summed E-state index contributed by atoms with van der Waals surface area (Å²) in [5.41, 5.74) is 8.09. The van der Waals surface area contributed by atoms with Crippen LogP contribution < -0.4 is 10.4 Å². The summed E-state index contributed by atoms with van der Waals surface area (Å²) in [6.07, 6.45) is 0. The molecule has 0 amide bonds. The van der Waals surface area contributed by atoms with Crippen LogP contribution in [-0.4, -0.2) is 23.0 Å². The lowest BCUT2D eigenvalue weighted by atomic mass is 9.97. The minimum atomic E-state index is -2.13. The summed E-state index contributed by atoms with van der Waals surface area (Å²) in [4.78, 5) is 15.4. The average Bonchev–Trinajstić information content (AvgIpc) is 3.38. The van der Waals surface area contributed by atoms with Crippen molar-refractivity contribution in [1.29, 1.82) is 0 Å². The van der Waals surface area contributed by atoms with Crippen molar-refractivity contribution in [2.45, 2.75) is 13.1 Å². The van der Waals surface area contributed by atoms with E-state index in [0.717, 1.165) is 22.5 Å². The van der Waals surface area contributed by atoms with E-state index in [0.29, 0.717) is 11.6 Å². The number of nitrogens with zero attached hydrogens (tertiary/aromatic N) is 3. The lowest BCUT2D eigenvalue weighted by Crippen LogP contribution is -2.50. The molecule has 0 radical (unpaired) electrons. The normalized spacial score (nSPS) is 13.1. The van der Waals surface area contributed by atoms with E-state index in [1.807, 2.05) is 18.2 Å². The second kappa shape index (κ2) is 10.7. The highest BCUT2D eigenvalue weighted by Gasteiger charge is 2.41. The van der Waals surface area contributed by atoms with Crippen molar-refractivity contribution in [2.75, 3.05) is 0 Å². The molecule has 0 bridgehead atoms. The monoisotopic (exact) mass is 617 g/mol. The molecule has 0 spiro atoms. The Balaban J connectivity index is 1.21. The van der Waals surface area contributed by atoms with E-state index < -0.39 is 8.07 Å². The topological polar surface area (TPSA) is 38.7 Å². The lowest BCUT2D eigenvalue weighted by Gasteiger charge is -2.23. The van der Waals surface area contributed by atoms with E-state index in [1.165, 1.54) is 54.2 Å². The number of benzene rings is 7. The molecule has 9 rings (SSSR count). The maximum Gasteiger partial charge on any atom is 0.164 e. The molecular formula is C43H31N3Si. The quantitative estimate of drug-likeness (QED) is 0.185. The molecule has 8 aromatic rings. The summed E-state index contributed by atoms with van der Waals surface area (Å²) in [7, 11) is -2.13. The van der Waals surface area contributed by atoms with Gasteiger partial charge in [0.05, 0.1) is 0 Å². The lowest BCUT2D eigenvalue weighted by molar-refractivity contribution is 1.08. The van der Waals surface area contributed by atoms with Crippen molar-refractivity contribution >= 4 is 40.0 Å². The summed E-state index contributed by atoms with van der Waals surface area (Å²) in [6.45, 7) is 4.94. The van der Waals surface area contributed by atoms with E-state index in [-0.39, 0.29) is 0 Å². The highest BCUT2D eigenvalue weighted by Crippen LogP contribution is 2.36. The first-order chi connectivity index (χ1) is 23.1. The van der Waals surface area contributed by atoms with Crippen LogP contribution in [-0.2, 0) is 0 Å². The SMILES string of the molecule is C[Si]1(C)c2c(-c3nc(-c4ccccc4)nc(-c4ccc(-c5cccc6ccccc56)cc4)n3)cccc2-c2ccc3ccccc3c21. The first-order valence-electron chi connectivity index (χ1n) is 16.1. The fraction of sp³-hybridized carbons (Fsp3) is 0.0465. The van der Waals surface area contributed by atoms with Gasteiger partial charge in [0.15, 0.2) is 17.5 Å². The highest BCUT2D eigenvalue weighted by atomic mass is 28.3. The first kappa shape index (κ1) is 27.6. The second-order valence-corrected chi connectivity index (χ2v) is 17.1. The summed E-state index contributed by atoms with van der Waals surface area (Å²) in [5.74, 6) is 2.08. The van der Waals surface area contributed by atoms with Gasteiger partial charge >= 0.3 is 0 Å². The van der Waals surface area contributed by atoms with Gasteiger partial charge in [-0.1, -0.05) is 165 Å². The van der Waals surface area contributed by atoms with Crippen molar-refractivity contribution in [3.05, 3.63) is 152 Å². The number of aromatic nitrogens is 3. The predicted molar refractivity (Wildman–Crippen MR) is 199 cm³/mol. The minimum Gasteiger partial charge on any atom is -0.208 e. The maximum atomic E-state index is 5.22. The van der Waals surface area contributed by atoms with Gasteiger partial charge in [0.1, 0.15) is 8.07 Å². The van der Waals surface area contributed by atoms with Crippen molar-refractivity contribution in [3.63, 3.8) is 0 Å². The summed E-state index contributed by atoms with van der Waals surface area (Å²) < 4.78 is 0. The standard InChI is InChI=1S/C43H31N3Si/c1-47(2)39-35-18-9-7-13-29(35)26-27-37(39)36-20-11-21-38(40(36)47)43-45-41(31-14-4-3-5-15-31)44-42(46-43)32-24-22-30(23-25-32)34-19-10-16-28-12-6-8-17-33(28)34/h3-27H,1-2H3. The molecule has 1 aromatic heterocycles. The van der Waals surface area contributed by atoms with E-state index in [2.05, 4.69) is 147 Å². The van der Waals surface area contributed by atoms with Crippen LogP contribution in [0.5, 0.6) is 0 Å². The van der Waals surface area contributed by atoms with Crippen molar-refractivity contribution in [3.8, 4) is 56.4 Å². The van der Waals surface area contributed by atoms with Gasteiger partial charge in [-0.3, -0.25) is 0 Å². The third-order valence-corrected chi connectivity index (χ3v) is 13.3. The van der Waals surface area contributed by atoms with Crippen molar-refractivity contribution < 1.29 is 0 Å². The van der Waals surface area contributed by atoms with Gasteiger partial charge in [0.25, 0.3) is 0 Å². The number of hydrogen-bond donors (Lipinski definition) is 0. The highest BCUT2D eigenvalue weighted by molar-refractivity contribution is 7.05. The van der Waals surface area contributed by atoms with Gasteiger partial charge in [0.2, 0.25) is 0 Å². The third-order valence-electron chi connectivity index (χ3n) is 9.69. The predicted octanol–water partition coefficient (Wildman–Crippen LogP) is 9.65. The van der Waals surface area contributed by atoms with Crippen LogP contribution in [0, 0.1) is 0 Å². The number of hydrogen-bond acceptors (Lipinski definition) is 3. The summed E-state index contributed by atoms with van der Waals surface area (Å²) in [5, 5.41) is 8.03. The molecular weight excluding hydrogens is 587 g/mol. The molecule has 3 nitrogen and oxygen atoms in total. The van der Waals surface area contributed by atoms with Gasteiger partial charge in [-0.05, 0) is 54.2 Å². The van der Waals surface area contributed by atoms with Crippen molar-refractivity contribution in [2.24, 2.45) is 0 Å². The Morgan fingerprint density at radius 3 is 1.62 bits per heavy atom. The average molecular weight is 618 g/mol. The molecule has 1 aliphatic heterocycles. The van der Waals surface area contributed by atoms with Crippen LogP contribution in [0.25, 0.3) is 78.0 Å². The van der Waals surface area contributed by atoms with Gasteiger partial charge in [0, 0.05) is 16.7 Å². The Morgan fingerprint density at radius 2 is 0.851 bits per heavy atom. The Morgan fingerprint density at radius 1 is 0.340 bits per heavy atom. The summed E-state index contributed by atoms with van der Waals surface area (Å²) >= 11 is 0. The zero-order valence-corrected chi connectivity index (χ0v) is 27.3. The van der Waals surface area contributed by atoms with Gasteiger partial charge in [-0.25, -0.2) is 15.0 Å². The maximum absolute atomic E-state index is 5.22. The summed E-state index contributed by atoms with van der Waals surface area (Å²) in [6, 6.07) is 53.9. The van der Waals surface area contributed by atoms with Crippen LogP contribution in [0.2, 0.25) is 13.1 Å². The Labute approximate surface area is 275 Å². The molecule has 222 valence electrons. The largest absolute Gasteiger partial charge is 0.208 e. The molecule has 47 heavy (non-hydrogen) atoms. The van der Waals surface area contributed by atoms with Crippen LogP contribution in [0.1, 0.15) is 0 Å². The molecule has 1 aliphatic rings. The second-order valence-electron chi connectivity index (χ2n) is 12.8. The Kier molecular flexibility index (Phi) is 6.27. The van der Waals surface area contributed by atoms with Crippen LogP contribution >= 0.6 is 0 Å². The minimum absolute atomic E-state index is 0.677. The van der Waals surface area contributed by atoms with Crippen LogP contribution in [0.15, 0.2) is 152 Å². The molecule has 0 N–H and O–H groups in total. The molecule has 7 aromatic carbocycles. The molecule has 0 unspecified atom stereocenters. The van der Waals surface area contributed by atoms with Crippen LogP contribution in [0.4, 0.5) is 0 Å². The molecule has 0 saturated heterocycles. The fourth-order valence-corrected chi connectivity index (χ4v) is 11.4. The number of rotatable bonds is 4. The van der Waals surface area contributed by atoms with Gasteiger partial charge in [-0.2, -0.15) is 0 Å². The molecule has 4 heteroatoms. The van der Waals surface area contributed by atoms with Crippen LogP contribution in [0.3, 0.4) is 0 Å². The molecule has 0 aliphatic carbocycles. The van der Waals surface area contributed by atoms with E-state index in [4.69, 9.17) is 15.0 Å². The zero-order chi connectivity index (χ0) is 31.5. The molecule has 0 fully saturated rings. The first-order valence-corrected chi connectivity index (χ1v) is 19.1. The zero-order valence-electron chi connectivity index (χ0n) is 26.3. The fourth-order valence-electron chi connectivity index (χ4n) is 7.55. The Bertz CT molecular complexity index is 2480. The van der Waals surface area contributed by atoms with Gasteiger partial charge < -0.3 is 0 Å². The molecule has 0 saturated carbocycles. The van der Waals surface area contributed by atoms with E-state index in [1.54, 1.807) is 0 Å². The van der Waals surface area contributed by atoms with Gasteiger partial charge in [-0.15, -0.1) is 0 Å². The van der Waals surface area contributed by atoms with E-state index >= 15 is 0 Å². The molecule has 2 heterocycles. The molecule has 0 atom stereocenters. The van der Waals surface area contributed by atoms with Crippen molar-refractivity contribution in [1.82, 2.24) is 15.0 Å². The number of fused-ring (bicyclic) bond motifs is 6. The Hall–Kier alpha value is -5.71. The third kappa shape index (κ3) is 4.44. The smallest absolute Gasteiger partial charge is 0.164 e.